The summed E-state index contributed by atoms with van der Waals surface area (Å²) in [5.41, 5.74) is 4.76. The summed E-state index contributed by atoms with van der Waals surface area (Å²) < 4.78 is 0. The lowest BCUT2D eigenvalue weighted by Crippen LogP contribution is -2.43. The summed E-state index contributed by atoms with van der Waals surface area (Å²) in [6.07, 6.45) is 0. The van der Waals surface area contributed by atoms with E-state index in [-0.39, 0.29) is 11.4 Å². The first kappa shape index (κ1) is 22.3. The lowest BCUT2D eigenvalue weighted by molar-refractivity contribution is 0.0697. The summed E-state index contributed by atoms with van der Waals surface area (Å²) in [6.45, 7) is 5.08. The second kappa shape index (κ2) is 9.42. The second-order valence-electron chi connectivity index (χ2n) is 8.64. The number of carbonyl (C=O) groups is 1. The number of aromatic carboxylic acids is 1. The zero-order valence-electron chi connectivity index (χ0n) is 18.9. The first-order valence-electron chi connectivity index (χ1n) is 11.2. The molecular weight excluding hydrogens is 448 g/mol. The van der Waals surface area contributed by atoms with E-state index in [2.05, 4.69) is 34.0 Å². The van der Waals surface area contributed by atoms with Crippen LogP contribution in [0.25, 0.3) is 10.9 Å². The summed E-state index contributed by atoms with van der Waals surface area (Å²) in [5, 5.41) is 24.8. The molecule has 2 aromatic carbocycles. The van der Waals surface area contributed by atoms with Gasteiger partial charge in [-0.1, -0.05) is 12.1 Å². The maximum Gasteiger partial charge on any atom is 0.335 e. The van der Waals surface area contributed by atoms with Crippen molar-refractivity contribution in [3.63, 3.8) is 0 Å². The number of aromatic nitrogens is 1. The molecule has 3 heterocycles. The van der Waals surface area contributed by atoms with E-state index in [1.54, 1.807) is 23.5 Å². The zero-order valence-corrected chi connectivity index (χ0v) is 19.7. The standard InChI is InChI=1S/C26H26N4O3S/c1-29-8-10-30(11-9-29)15-17-3-2-4-20(13-17)27-24(19-7-12-34-16-19)23-21-14-18(26(32)33)5-6-22(21)28-25(23)31/h2-7,12-14,16,28,31H,8-11,15H2,1H3,(H,32,33). The van der Waals surface area contributed by atoms with Crippen LogP contribution in [0, 0.1) is 0 Å². The fourth-order valence-corrected chi connectivity index (χ4v) is 4.97. The average Bonchev–Trinajstić information content (AvgIpc) is 3.46. The number of thiophene rings is 1. The third-order valence-electron chi connectivity index (χ3n) is 6.21. The van der Waals surface area contributed by atoms with Crippen LogP contribution in [0.1, 0.15) is 27.0 Å². The molecule has 5 rings (SSSR count). The third kappa shape index (κ3) is 4.61. The summed E-state index contributed by atoms with van der Waals surface area (Å²) in [5.74, 6) is -1.05. The van der Waals surface area contributed by atoms with E-state index in [9.17, 15) is 15.0 Å². The minimum Gasteiger partial charge on any atom is -0.494 e. The fourth-order valence-electron chi connectivity index (χ4n) is 4.33. The van der Waals surface area contributed by atoms with Gasteiger partial charge in [0.1, 0.15) is 0 Å². The van der Waals surface area contributed by atoms with E-state index in [0.29, 0.717) is 22.2 Å². The summed E-state index contributed by atoms with van der Waals surface area (Å²) >= 11 is 1.54. The second-order valence-corrected chi connectivity index (χ2v) is 9.42. The molecule has 7 nitrogen and oxygen atoms in total. The molecule has 0 bridgehead atoms. The van der Waals surface area contributed by atoms with Crippen LogP contribution in [0.5, 0.6) is 5.88 Å². The fraction of sp³-hybridized carbons (Fsp3) is 0.231. The normalized spacial score (nSPS) is 15.7. The molecule has 0 radical (unpaired) electrons. The maximum atomic E-state index is 11.6. The number of fused-ring (bicyclic) bond motifs is 1. The van der Waals surface area contributed by atoms with E-state index < -0.39 is 5.97 Å². The molecule has 1 fully saturated rings. The van der Waals surface area contributed by atoms with Crippen LogP contribution in [0.3, 0.4) is 0 Å². The molecule has 0 atom stereocenters. The van der Waals surface area contributed by atoms with E-state index in [1.165, 1.54) is 11.6 Å². The SMILES string of the molecule is CN1CCN(Cc2cccc(N=C(c3ccsc3)c3c(O)[nH]c4ccc(C(=O)O)cc34)c2)CC1. The van der Waals surface area contributed by atoms with Crippen molar-refractivity contribution in [2.45, 2.75) is 6.54 Å². The number of rotatable bonds is 6. The molecule has 0 aliphatic carbocycles. The summed E-state index contributed by atoms with van der Waals surface area (Å²) in [6, 6.07) is 14.9. The van der Waals surface area contributed by atoms with Crippen molar-refractivity contribution < 1.29 is 15.0 Å². The van der Waals surface area contributed by atoms with Gasteiger partial charge in [-0.05, 0) is 54.4 Å². The number of carboxylic acids is 1. The first-order valence-corrected chi connectivity index (χ1v) is 12.1. The van der Waals surface area contributed by atoms with Gasteiger partial charge in [-0.2, -0.15) is 11.3 Å². The lowest BCUT2D eigenvalue weighted by atomic mass is 10.0. The lowest BCUT2D eigenvalue weighted by Gasteiger charge is -2.32. The Balaban J connectivity index is 1.56. The average molecular weight is 475 g/mol. The molecule has 1 aliphatic rings. The van der Waals surface area contributed by atoms with Gasteiger partial charge >= 0.3 is 5.97 Å². The molecule has 0 unspecified atom stereocenters. The van der Waals surface area contributed by atoms with Gasteiger partial charge in [-0.3, -0.25) is 4.90 Å². The number of nitrogens with zero attached hydrogens (tertiary/aromatic N) is 3. The highest BCUT2D eigenvalue weighted by Crippen LogP contribution is 2.33. The molecule has 1 saturated heterocycles. The Bertz CT molecular complexity index is 1350. The molecule has 8 heteroatoms. The van der Waals surface area contributed by atoms with Crippen LogP contribution in [0.4, 0.5) is 5.69 Å². The number of nitrogens with one attached hydrogen (secondary N) is 1. The van der Waals surface area contributed by atoms with E-state index in [4.69, 9.17) is 4.99 Å². The Morgan fingerprint density at radius 2 is 1.91 bits per heavy atom. The number of aromatic hydroxyl groups is 1. The van der Waals surface area contributed by atoms with Crippen molar-refractivity contribution in [1.82, 2.24) is 14.8 Å². The van der Waals surface area contributed by atoms with E-state index in [1.807, 2.05) is 29.0 Å². The van der Waals surface area contributed by atoms with Crippen molar-refractivity contribution in [3.05, 3.63) is 81.5 Å². The molecule has 0 saturated carbocycles. The monoisotopic (exact) mass is 474 g/mol. The number of likely N-dealkylation sites (N-methyl/N-ethyl adjacent to an activating group) is 1. The number of aromatic amines is 1. The number of piperazine rings is 1. The van der Waals surface area contributed by atoms with Crippen molar-refractivity contribution in [2.75, 3.05) is 33.2 Å². The number of carboxylic acid groups (broad SMARTS) is 1. The number of aliphatic imine (C=N–C) groups is 1. The third-order valence-corrected chi connectivity index (χ3v) is 6.89. The van der Waals surface area contributed by atoms with Crippen molar-refractivity contribution in [2.24, 2.45) is 4.99 Å². The molecule has 4 aromatic rings. The van der Waals surface area contributed by atoms with Crippen LogP contribution in [0.15, 0.2) is 64.3 Å². The highest BCUT2D eigenvalue weighted by Gasteiger charge is 2.20. The first-order chi connectivity index (χ1) is 16.5. The molecule has 0 spiro atoms. The topological polar surface area (TPSA) is 92.2 Å². The number of H-pyrrole nitrogens is 1. The van der Waals surface area contributed by atoms with Gasteiger partial charge in [-0.25, -0.2) is 9.79 Å². The molecule has 0 amide bonds. The van der Waals surface area contributed by atoms with Gasteiger partial charge in [0.15, 0.2) is 5.88 Å². The zero-order chi connectivity index (χ0) is 23.7. The quantitative estimate of drug-likeness (QED) is 0.357. The molecule has 3 N–H and O–H groups in total. The largest absolute Gasteiger partial charge is 0.494 e. The van der Waals surface area contributed by atoms with Gasteiger partial charge < -0.3 is 20.1 Å². The van der Waals surface area contributed by atoms with Gasteiger partial charge in [0, 0.05) is 54.6 Å². The van der Waals surface area contributed by atoms with E-state index in [0.717, 1.165) is 44.0 Å². The number of hydrogen-bond acceptors (Lipinski definition) is 6. The molecule has 2 aromatic heterocycles. The Kier molecular flexibility index (Phi) is 6.19. The maximum absolute atomic E-state index is 11.6. The van der Waals surface area contributed by atoms with Crippen molar-refractivity contribution in [1.29, 1.82) is 0 Å². The van der Waals surface area contributed by atoms with Crippen molar-refractivity contribution >= 4 is 39.6 Å². The molecule has 34 heavy (non-hydrogen) atoms. The van der Waals surface area contributed by atoms with Crippen molar-refractivity contribution in [3.8, 4) is 5.88 Å². The van der Waals surface area contributed by atoms with Gasteiger partial charge in [0.05, 0.1) is 22.5 Å². The van der Waals surface area contributed by atoms with Gasteiger partial charge in [0.25, 0.3) is 0 Å². The van der Waals surface area contributed by atoms with Crippen LogP contribution < -0.4 is 0 Å². The minimum atomic E-state index is -1.01. The molecular formula is C26H26N4O3S. The smallest absolute Gasteiger partial charge is 0.335 e. The Morgan fingerprint density at radius 1 is 1.09 bits per heavy atom. The highest BCUT2D eigenvalue weighted by atomic mass is 32.1. The Hall–Kier alpha value is -3.46. The molecule has 1 aliphatic heterocycles. The Morgan fingerprint density at radius 3 is 2.65 bits per heavy atom. The van der Waals surface area contributed by atoms with Crippen LogP contribution >= 0.6 is 11.3 Å². The van der Waals surface area contributed by atoms with Gasteiger partial charge in [0.2, 0.25) is 0 Å². The van der Waals surface area contributed by atoms with E-state index >= 15 is 0 Å². The van der Waals surface area contributed by atoms with Crippen LogP contribution in [0.2, 0.25) is 0 Å². The minimum absolute atomic E-state index is 0.0314. The van der Waals surface area contributed by atoms with Crippen LogP contribution in [-0.4, -0.2) is 69.9 Å². The summed E-state index contributed by atoms with van der Waals surface area (Å²) in [7, 11) is 2.15. The number of benzene rings is 2. The van der Waals surface area contributed by atoms with Gasteiger partial charge in [-0.15, -0.1) is 0 Å². The summed E-state index contributed by atoms with van der Waals surface area (Å²) in [4.78, 5) is 24.3. The Labute approximate surface area is 201 Å². The highest BCUT2D eigenvalue weighted by molar-refractivity contribution is 7.08. The number of hydrogen-bond donors (Lipinski definition) is 3. The predicted molar refractivity (Wildman–Crippen MR) is 136 cm³/mol. The van der Waals surface area contributed by atoms with Crippen LogP contribution in [-0.2, 0) is 6.54 Å². The predicted octanol–water partition coefficient (Wildman–Crippen LogP) is 4.55. The molecule has 174 valence electrons.